The molecule has 1 atom stereocenters. The van der Waals surface area contributed by atoms with E-state index in [1.807, 2.05) is 23.9 Å². The summed E-state index contributed by atoms with van der Waals surface area (Å²) in [5, 5.41) is 18.0. The first-order chi connectivity index (χ1) is 12.1. The maximum atomic E-state index is 13.2. The van der Waals surface area contributed by atoms with Crippen LogP contribution in [-0.4, -0.2) is 20.7 Å². The van der Waals surface area contributed by atoms with E-state index in [2.05, 4.69) is 10.4 Å². The zero-order valence-corrected chi connectivity index (χ0v) is 14.4. The molecular weight excluding hydrogens is 314 g/mol. The predicted molar refractivity (Wildman–Crippen MR) is 96.7 cm³/mol. The highest BCUT2D eigenvalue weighted by Crippen LogP contribution is 2.42. The minimum absolute atomic E-state index is 0.0261. The number of Topliss-reactive ketones (excluding diaryl/α,β-unsaturated/α-hetero) is 1. The molecule has 5 nitrogen and oxygen atoms in total. The van der Waals surface area contributed by atoms with E-state index < -0.39 is 0 Å². The summed E-state index contributed by atoms with van der Waals surface area (Å²) < 4.78 is 1.97. The van der Waals surface area contributed by atoms with Gasteiger partial charge in [0, 0.05) is 17.8 Å². The largest absolute Gasteiger partial charge is 0.507 e. The van der Waals surface area contributed by atoms with Crippen LogP contribution < -0.4 is 5.32 Å². The number of carbonyl (C=O) groups is 1. The van der Waals surface area contributed by atoms with Crippen LogP contribution >= 0.6 is 0 Å². The molecule has 2 N–H and O–H groups in total. The molecule has 1 aromatic carbocycles. The van der Waals surface area contributed by atoms with Gasteiger partial charge in [-0.1, -0.05) is 31.4 Å². The van der Waals surface area contributed by atoms with E-state index in [0.29, 0.717) is 17.1 Å². The summed E-state index contributed by atoms with van der Waals surface area (Å²) in [6.45, 7) is 1.97. The number of carbonyl (C=O) groups excluding carboxylic acids is 1. The number of anilines is 1. The Kier molecular flexibility index (Phi) is 4.07. The van der Waals surface area contributed by atoms with Crippen molar-refractivity contribution in [1.29, 1.82) is 0 Å². The van der Waals surface area contributed by atoms with Crippen molar-refractivity contribution in [3.8, 4) is 5.75 Å². The van der Waals surface area contributed by atoms with Gasteiger partial charge in [-0.3, -0.25) is 4.79 Å². The quantitative estimate of drug-likeness (QED) is 0.823. The Bertz CT molecular complexity index is 831. The number of para-hydroxylation sites is 1. The van der Waals surface area contributed by atoms with Crippen molar-refractivity contribution in [3.63, 3.8) is 0 Å². The standard InChI is InChI=1S/C20H23N3O2/c1-13-11-18-21-12-16(20(25)15-9-5-6-10-17(15)24)19(23(18)22-13)14-7-3-2-4-8-14/h5-6,9-12,14,19,21,24H,2-4,7-8H2,1H3. The van der Waals surface area contributed by atoms with Crippen LogP contribution in [0.5, 0.6) is 5.75 Å². The molecule has 1 aliphatic heterocycles. The second-order valence-corrected chi connectivity index (χ2v) is 7.05. The Labute approximate surface area is 147 Å². The van der Waals surface area contributed by atoms with Crippen molar-refractivity contribution < 1.29 is 9.90 Å². The number of aryl methyl sites for hydroxylation is 1. The highest BCUT2D eigenvalue weighted by Gasteiger charge is 2.36. The van der Waals surface area contributed by atoms with Crippen LogP contribution in [0.3, 0.4) is 0 Å². The number of aromatic nitrogens is 2. The summed E-state index contributed by atoms with van der Waals surface area (Å²) in [6.07, 6.45) is 7.68. The van der Waals surface area contributed by atoms with Crippen LogP contribution in [0, 0.1) is 12.8 Å². The van der Waals surface area contributed by atoms with E-state index in [1.54, 1.807) is 24.3 Å². The van der Waals surface area contributed by atoms with Crippen LogP contribution in [-0.2, 0) is 0 Å². The van der Waals surface area contributed by atoms with Crippen LogP contribution in [0.4, 0.5) is 5.82 Å². The monoisotopic (exact) mass is 337 g/mol. The lowest BCUT2D eigenvalue weighted by atomic mass is 9.79. The van der Waals surface area contributed by atoms with E-state index in [4.69, 9.17) is 0 Å². The number of hydrogen-bond acceptors (Lipinski definition) is 4. The molecule has 2 aliphatic rings. The van der Waals surface area contributed by atoms with Crippen molar-refractivity contribution >= 4 is 11.6 Å². The highest BCUT2D eigenvalue weighted by molar-refractivity contribution is 6.11. The third kappa shape index (κ3) is 2.84. The fourth-order valence-electron chi connectivity index (χ4n) is 4.13. The first-order valence-corrected chi connectivity index (χ1v) is 9.00. The summed E-state index contributed by atoms with van der Waals surface area (Å²) >= 11 is 0. The van der Waals surface area contributed by atoms with Gasteiger partial charge in [-0.15, -0.1) is 0 Å². The lowest BCUT2D eigenvalue weighted by molar-refractivity contribution is 0.100. The summed E-state index contributed by atoms with van der Waals surface area (Å²) in [7, 11) is 0. The Hall–Kier alpha value is -2.56. The summed E-state index contributed by atoms with van der Waals surface area (Å²) in [6, 6.07) is 8.69. The van der Waals surface area contributed by atoms with Gasteiger partial charge in [0.1, 0.15) is 11.6 Å². The number of fused-ring (bicyclic) bond motifs is 1. The molecule has 0 saturated heterocycles. The summed E-state index contributed by atoms with van der Waals surface area (Å²) in [4.78, 5) is 13.2. The van der Waals surface area contributed by atoms with Crippen LogP contribution in [0.15, 0.2) is 42.1 Å². The smallest absolute Gasteiger partial charge is 0.196 e. The van der Waals surface area contributed by atoms with Gasteiger partial charge in [0.05, 0.1) is 17.3 Å². The zero-order chi connectivity index (χ0) is 17.4. The third-order valence-electron chi connectivity index (χ3n) is 5.32. The number of allylic oxidation sites excluding steroid dienone is 1. The minimum atomic E-state index is -0.125. The molecule has 1 fully saturated rings. The topological polar surface area (TPSA) is 67.2 Å². The molecule has 1 aromatic heterocycles. The number of aromatic hydroxyl groups is 1. The summed E-state index contributed by atoms with van der Waals surface area (Å²) in [5.41, 5.74) is 1.97. The van der Waals surface area contributed by atoms with Crippen LogP contribution in [0.2, 0.25) is 0 Å². The predicted octanol–water partition coefficient (Wildman–Crippen LogP) is 4.21. The van der Waals surface area contributed by atoms with Gasteiger partial charge in [-0.05, 0) is 37.8 Å². The molecule has 0 bridgehead atoms. The lowest BCUT2D eigenvalue weighted by Crippen LogP contribution is -2.31. The molecule has 1 unspecified atom stereocenters. The number of benzene rings is 1. The number of phenols is 1. The van der Waals surface area contributed by atoms with Crippen molar-refractivity contribution in [3.05, 3.63) is 53.4 Å². The summed E-state index contributed by atoms with van der Waals surface area (Å²) in [5.74, 6) is 1.23. The average Bonchev–Trinajstić information content (AvgIpc) is 3.01. The van der Waals surface area contributed by atoms with Crippen molar-refractivity contribution in [2.45, 2.75) is 45.1 Å². The molecule has 2 heterocycles. The van der Waals surface area contributed by atoms with Gasteiger partial charge >= 0.3 is 0 Å². The van der Waals surface area contributed by atoms with Gasteiger partial charge in [-0.25, -0.2) is 4.68 Å². The fraction of sp³-hybridized carbons (Fsp3) is 0.400. The Morgan fingerprint density at radius 3 is 2.76 bits per heavy atom. The van der Waals surface area contributed by atoms with E-state index in [9.17, 15) is 9.90 Å². The maximum Gasteiger partial charge on any atom is 0.196 e. The molecule has 130 valence electrons. The molecule has 5 heteroatoms. The number of nitrogens with one attached hydrogen (secondary N) is 1. The molecular formula is C20H23N3O2. The molecule has 2 aromatic rings. The normalized spacial score (nSPS) is 20.5. The molecule has 1 saturated carbocycles. The second kappa shape index (κ2) is 6.39. The van der Waals surface area contributed by atoms with E-state index in [0.717, 1.165) is 24.4 Å². The number of rotatable bonds is 3. The van der Waals surface area contributed by atoms with Gasteiger partial charge in [0.25, 0.3) is 0 Å². The Balaban J connectivity index is 1.75. The molecule has 0 spiro atoms. The minimum Gasteiger partial charge on any atom is -0.507 e. The SMILES string of the molecule is Cc1cc2n(n1)C(C1CCCCC1)C(C(=O)c1ccccc1O)=CN2. The van der Waals surface area contributed by atoms with Crippen LogP contribution in [0.1, 0.15) is 54.2 Å². The van der Waals surface area contributed by atoms with Crippen molar-refractivity contribution in [2.75, 3.05) is 5.32 Å². The van der Waals surface area contributed by atoms with E-state index in [1.165, 1.54) is 19.3 Å². The fourth-order valence-corrected chi connectivity index (χ4v) is 4.13. The number of nitrogens with zero attached hydrogens (tertiary/aromatic N) is 2. The molecule has 4 rings (SSSR count). The van der Waals surface area contributed by atoms with Gasteiger partial charge < -0.3 is 10.4 Å². The van der Waals surface area contributed by atoms with Crippen LogP contribution in [0.25, 0.3) is 0 Å². The van der Waals surface area contributed by atoms with Gasteiger partial charge in [0.2, 0.25) is 0 Å². The highest BCUT2D eigenvalue weighted by atomic mass is 16.3. The van der Waals surface area contributed by atoms with Crippen molar-refractivity contribution in [2.24, 2.45) is 5.92 Å². The number of hydrogen-bond donors (Lipinski definition) is 2. The maximum absolute atomic E-state index is 13.2. The number of phenolic OH excluding ortho intramolecular Hbond substituents is 1. The zero-order valence-electron chi connectivity index (χ0n) is 14.4. The molecule has 0 amide bonds. The Morgan fingerprint density at radius 1 is 1.24 bits per heavy atom. The third-order valence-corrected chi connectivity index (χ3v) is 5.32. The second-order valence-electron chi connectivity index (χ2n) is 7.05. The van der Waals surface area contributed by atoms with E-state index >= 15 is 0 Å². The van der Waals surface area contributed by atoms with Gasteiger partial charge in [-0.2, -0.15) is 5.10 Å². The molecule has 1 aliphatic carbocycles. The molecule has 0 radical (unpaired) electrons. The first-order valence-electron chi connectivity index (χ1n) is 9.00. The average molecular weight is 337 g/mol. The van der Waals surface area contributed by atoms with Gasteiger partial charge in [0.15, 0.2) is 5.78 Å². The molecule has 25 heavy (non-hydrogen) atoms. The first kappa shape index (κ1) is 15.9. The number of ketones is 1. The Morgan fingerprint density at radius 2 is 2.00 bits per heavy atom. The van der Waals surface area contributed by atoms with E-state index in [-0.39, 0.29) is 17.6 Å². The lowest BCUT2D eigenvalue weighted by Gasteiger charge is -2.35. The van der Waals surface area contributed by atoms with Crippen molar-refractivity contribution in [1.82, 2.24) is 9.78 Å².